The summed E-state index contributed by atoms with van der Waals surface area (Å²) in [4.78, 5) is 26.1. The standard InChI is InChI=1S/C17H19N3O3/c1-20-9-8-15(17(20)22)19-14-7-3-2-6-13(14)16(21)18-11-12-5-4-10-23-12/h2-7,10,15,19H,8-9,11H2,1H3,(H,18,21)/t15-/m0/s1. The van der Waals surface area contributed by atoms with E-state index in [1.807, 2.05) is 12.1 Å². The van der Waals surface area contributed by atoms with Gasteiger partial charge < -0.3 is 20.0 Å². The number of rotatable bonds is 5. The van der Waals surface area contributed by atoms with E-state index in [0.29, 0.717) is 23.6 Å². The van der Waals surface area contributed by atoms with Gasteiger partial charge in [-0.3, -0.25) is 9.59 Å². The molecule has 0 spiro atoms. The third-order valence-electron chi connectivity index (χ3n) is 3.93. The average molecular weight is 313 g/mol. The van der Waals surface area contributed by atoms with Crippen molar-refractivity contribution in [2.75, 3.05) is 18.9 Å². The number of carbonyl (C=O) groups excluding carboxylic acids is 2. The monoisotopic (exact) mass is 313 g/mol. The largest absolute Gasteiger partial charge is 0.467 e. The lowest BCUT2D eigenvalue weighted by atomic mass is 10.1. The summed E-state index contributed by atoms with van der Waals surface area (Å²) in [5.41, 5.74) is 1.18. The van der Waals surface area contributed by atoms with Crippen molar-refractivity contribution in [3.63, 3.8) is 0 Å². The number of nitrogens with zero attached hydrogens (tertiary/aromatic N) is 1. The number of likely N-dealkylation sites (N-methyl/N-ethyl adjacent to an activating group) is 1. The average Bonchev–Trinajstić information content (AvgIpc) is 3.19. The molecule has 2 amide bonds. The maximum atomic E-state index is 12.4. The molecule has 0 saturated carbocycles. The lowest BCUT2D eigenvalue weighted by Gasteiger charge is -2.16. The van der Waals surface area contributed by atoms with Crippen molar-refractivity contribution < 1.29 is 14.0 Å². The molecule has 6 nitrogen and oxygen atoms in total. The quantitative estimate of drug-likeness (QED) is 0.883. The third-order valence-corrected chi connectivity index (χ3v) is 3.93. The van der Waals surface area contributed by atoms with Crippen molar-refractivity contribution in [1.29, 1.82) is 0 Å². The summed E-state index contributed by atoms with van der Waals surface area (Å²) in [7, 11) is 1.78. The van der Waals surface area contributed by atoms with Gasteiger partial charge >= 0.3 is 0 Å². The minimum absolute atomic E-state index is 0.0517. The Morgan fingerprint density at radius 3 is 2.83 bits per heavy atom. The topological polar surface area (TPSA) is 74.6 Å². The molecule has 0 bridgehead atoms. The summed E-state index contributed by atoms with van der Waals surface area (Å²) >= 11 is 0. The Labute approximate surface area is 134 Å². The molecule has 1 aromatic carbocycles. The third kappa shape index (κ3) is 3.36. The summed E-state index contributed by atoms with van der Waals surface area (Å²) in [5.74, 6) is 0.537. The normalized spacial score (nSPS) is 17.3. The van der Waals surface area contributed by atoms with E-state index < -0.39 is 0 Å². The Hall–Kier alpha value is -2.76. The highest BCUT2D eigenvalue weighted by molar-refractivity contribution is 6.00. The number of amides is 2. The molecule has 23 heavy (non-hydrogen) atoms. The molecule has 1 aliphatic heterocycles. The van der Waals surface area contributed by atoms with Crippen LogP contribution in [0.2, 0.25) is 0 Å². The zero-order valence-corrected chi connectivity index (χ0v) is 12.9. The molecule has 120 valence electrons. The molecule has 6 heteroatoms. The second kappa shape index (κ2) is 6.56. The Morgan fingerprint density at radius 1 is 1.30 bits per heavy atom. The van der Waals surface area contributed by atoms with Gasteiger partial charge in [0.05, 0.1) is 18.4 Å². The summed E-state index contributed by atoms with van der Waals surface area (Å²) in [6, 6.07) is 10.5. The Morgan fingerprint density at radius 2 is 2.13 bits per heavy atom. The van der Waals surface area contributed by atoms with Gasteiger partial charge in [0.1, 0.15) is 11.8 Å². The van der Waals surface area contributed by atoms with Crippen LogP contribution >= 0.6 is 0 Å². The van der Waals surface area contributed by atoms with Crippen molar-refractivity contribution in [3.05, 3.63) is 54.0 Å². The van der Waals surface area contributed by atoms with E-state index in [9.17, 15) is 9.59 Å². The highest BCUT2D eigenvalue weighted by atomic mass is 16.3. The van der Waals surface area contributed by atoms with Crippen molar-refractivity contribution in [2.45, 2.75) is 19.0 Å². The minimum atomic E-state index is -0.279. The number of hydrogen-bond donors (Lipinski definition) is 2. The summed E-state index contributed by atoms with van der Waals surface area (Å²) < 4.78 is 5.20. The van der Waals surface area contributed by atoms with Crippen LogP contribution in [-0.2, 0) is 11.3 Å². The van der Waals surface area contributed by atoms with Crippen LogP contribution in [-0.4, -0.2) is 36.3 Å². The molecule has 3 rings (SSSR count). The molecule has 1 fully saturated rings. The van der Waals surface area contributed by atoms with Gasteiger partial charge in [-0.25, -0.2) is 0 Å². The van der Waals surface area contributed by atoms with Gasteiger partial charge in [-0.15, -0.1) is 0 Å². The van der Waals surface area contributed by atoms with Gasteiger partial charge in [-0.2, -0.15) is 0 Å². The van der Waals surface area contributed by atoms with E-state index in [2.05, 4.69) is 10.6 Å². The molecular weight excluding hydrogens is 294 g/mol. The van der Waals surface area contributed by atoms with E-state index in [1.54, 1.807) is 42.5 Å². The second-order valence-corrected chi connectivity index (χ2v) is 5.55. The van der Waals surface area contributed by atoms with E-state index in [0.717, 1.165) is 13.0 Å². The van der Waals surface area contributed by atoms with Crippen LogP contribution < -0.4 is 10.6 Å². The smallest absolute Gasteiger partial charge is 0.253 e. The van der Waals surface area contributed by atoms with Crippen LogP contribution in [0.25, 0.3) is 0 Å². The van der Waals surface area contributed by atoms with Gasteiger partial charge in [0.2, 0.25) is 5.91 Å². The highest BCUT2D eigenvalue weighted by Crippen LogP contribution is 2.20. The summed E-state index contributed by atoms with van der Waals surface area (Å²) in [6.45, 7) is 1.05. The predicted molar refractivity (Wildman–Crippen MR) is 86.0 cm³/mol. The fraction of sp³-hybridized carbons (Fsp3) is 0.294. The van der Waals surface area contributed by atoms with Gasteiger partial charge in [-0.1, -0.05) is 12.1 Å². The van der Waals surface area contributed by atoms with E-state index in [-0.39, 0.29) is 17.9 Å². The van der Waals surface area contributed by atoms with E-state index in [4.69, 9.17) is 4.42 Å². The SMILES string of the molecule is CN1CC[C@H](Nc2ccccc2C(=O)NCc2ccco2)C1=O. The Bertz CT molecular complexity index is 697. The van der Waals surface area contributed by atoms with Crippen molar-refractivity contribution in [3.8, 4) is 0 Å². The first-order chi connectivity index (χ1) is 11.1. The predicted octanol–water partition coefficient (Wildman–Crippen LogP) is 1.85. The van der Waals surface area contributed by atoms with Crippen LogP contribution in [0.1, 0.15) is 22.5 Å². The first kappa shape index (κ1) is 15.1. The number of likely N-dealkylation sites (tertiary alicyclic amines) is 1. The molecule has 2 N–H and O–H groups in total. The highest BCUT2D eigenvalue weighted by Gasteiger charge is 2.29. The van der Waals surface area contributed by atoms with Gasteiger partial charge in [-0.05, 0) is 30.7 Å². The molecule has 0 unspecified atom stereocenters. The van der Waals surface area contributed by atoms with Crippen LogP contribution in [0, 0.1) is 0 Å². The van der Waals surface area contributed by atoms with Crippen LogP contribution in [0.3, 0.4) is 0 Å². The van der Waals surface area contributed by atoms with Crippen LogP contribution in [0.15, 0.2) is 47.1 Å². The number of nitrogens with one attached hydrogen (secondary N) is 2. The molecular formula is C17H19N3O3. The Balaban J connectivity index is 1.70. The molecule has 2 aromatic rings. The number of furan rings is 1. The fourth-order valence-corrected chi connectivity index (χ4v) is 2.63. The van der Waals surface area contributed by atoms with Gasteiger partial charge in [0.15, 0.2) is 0 Å². The lowest BCUT2D eigenvalue weighted by Crippen LogP contribution is -2.32. The number of benzene rings is 1. The van der Waals surface area contributed by atoms with Gasteiger partial charge in [0, 0.05) is 19.3 Å². The summed E-state index contributed by atoms with van der Waals surface area (Å²) in [5, 5.41) is 6.01. The molecule has 1 saturated heterocycles. The zero-order valence-electron chi connectivity index (χ0n) is 12.9. The number of para-hydroxylation sites is 1. The van der Waals surface area contributed by atoms with Crippen molar-refractivity contribution >= 4 is 17.5 Å². The van der Waals surface area contributed by atoms with E-state index in [1.165, 1.54) is 0 Å². The first-order valence-electron chi connectivity index (χ1n) is 7.56. The molecule has 1 aromatic heterocycles. The maximum absolute atomic E-state index is 12.4. The number of anilines is 1. The van der Waals surface area contributed by atoms with Crippen LogP contribution in [0.5, 0.6) is 0 Å². The van der Waals surface area contributed by atoms with Gasteiger partial charge in [0.25, 0.3) is 5.91 Å². The second-order valence-electron chi connectivity index (χ2n) is 5.55. The summed E-state index contributed by atoms with van der Waals surface area (Å²) in [6.07, 6.45) is 2.30. The van der Waals surface area contributed by atoms with E-state index >= 15 is 0 Å². The minimum Gasteiger partial charge on any atom is -0.467 e. The van der Waals surface area contributed by atoms with Crippen molar-refractivity contribution in [1.82, 2.24) is 10.2 Å². The lowest BCUT2D eigenvalue weighted by molar-refractivity contribution is -0.127. The molecule has 0 radical (unpaired) electrons. The van der Waals surface area contributed by atoms with Crippen LogP contribution in [0.4, 0.5) is 5.69 Å². The molecule has 2 heterocycles. The maximum Gasteiger partial charge on any atom is 0.253 e. The molecule has 1 aliphatic rings. The first-order valence-corrected chi connectivity index (χ1v) is 7.56. The Kier molecular flexibility index (Phi) is 4.32. The zero-order chi connectivity index (χ0) is 16.2. The number of carbonyl (C=O) groups is 2. The van der Waals surface area contributed by atoms with Crippen molar-refractivity contribution in [2.24, 2.45) is 0 Å². The number of hydrogen-bond acceptors (Lipinski definition) is 4. The fourth-order valence-electron chi connectivity index (χ4n) is 2.63. The molecule has 1 atom stereocenters. The molecule has 0 aliphatic carbocycles.